The zero-order valence-electron chi connectivity index (χ0n) is 43.4. The van der Waals surface area contributed by atoms with Crippen molar-refractivity contribution in [3.05, 3.63) is 48.0 Å². The van der Waals surface area contributed by atoms with Gasteiger partial charge in [0.25, 0.3) is 0 Å². The maximum atomic E-state index is 14.6. The molecule has 3 rings (SSSR count). The quantitative estimate of drug-likeness (QED) is 0.0290. The van der Waals surface area contributed by atoms with E-state index in [9.17, 15) is 43.5 Å². The maximum Gasteiger partial charge on any atom is 0.326 e. The topological polar surface area (TPSA) is 347 Å². The summed E-state index contributed by atoms with van der Waals surface area (Å²) in [6.45, 7) is 14.2. The summed E-state index contributed by atoms with van der Waals surface area (Å²) >= 11 is 0. The summed E-state index contributed by atoms with van der Waals surface area (Å²) in [6, 6.07) is -1.46. The van der Waals surface area contributed by atoms with E-state index in [1.165, 1.54) is 24.5 Å². The Balaban J connectivity index is 1.96. The third kappa shape index (κ3) is 17.5. The summed E-state index contributed by atoms with van der Waals surface area (Å²) in [6.07, 6.45) is 4.84. The molecule has 1 fully saturated rings. The van der Waals surface area contributed by atoms with Gasteiger partial charge in [-0.25, -0.2) is 9.78 Å². The van der Waals surface area contributed by atoms with Gasteiger partial charge in [-0.05, 0) is 82.0 Å². The van der Waals surface area contributed by atoms with E-state index < -0.39 is 107 Å². The number of carbonyl (C=O) groups excluding carboxylic acids is 7. The number of rotatable bonds is 29. The normalized spacial score (nSPS) is 16.9. The molecule has 1 aromatic carbocycles. The van der Waals surface area contributed by atoms with Crippen LogP contribution in [0.3, 0.4) is 0 Å². The first-order valence-electron chi connectivity index (χ1n) is 24.7. The highest BCUT2D eigenvalue weighted by atomic mass is 16.5. The molecule has 0 bridgehead atoms. The van der Waals surface area contributed by atoms with Gasteiger partial charge in [-0.15, -0.1) is 0 Å². The highest BCUT2D eigenvalue weighted by molar-refractivity contribution is 5.98. The molecule has 9 atom stereocenters. The van der Waals surface area contributed by atoms with Crippen LogP contribution in [0.25, 0.3) is 0 Å². The van der Waals surface area contributed by atoms with Crippen molar-refractivity contribution in [2.45, 2.75) is 155 Å². The number of aromatic nitrogens is 2. The Kier molecular flexibility index (Phi) is 23.4. The number of H-pyrrole nitrogens is 1. The lowest BCUT2D eigenvalue weighted by Gasteiger charge is -2.32. The monoisotopic (exact) mass is 1010 g/mol. The number of aliphatic imine (C=N–C) groups is 1. The van der Waals surface area contributed by atoms with Crippen molar-refractivity contribution in [1.29, 1.82) is 0 Å². The summed E-state index contributed by atoms with van der Waals surface area (Å²) in [5, 5.41) is 29.4. The van der Waals surface area contributed by atoms with Gasteiger partial charge in [-0.2, -0.15) is 0 Å². The number of ether oxygens (including phenoxy) is 1. The van der Waals surface area contributed by atoms with E-state index in [4.69, 9.17) is 16.2 Å². The SMILES string of the molecule is CC[C@H](C)[C@H](NC(=O)[C@@H]1CCCN1C(=O)[C@H](Cc1cnc[nH]1)NC(=O)[C@@H](NC(=O)[C@H](Cc1ccc(OC)cc1)NC(=O)[C@@H](NC(=O)[C@H](CCCN=C(N)N)NC(=O)C(C)(C)NC)C(C)C)[C@@H](C)CC)C(=O)O. The molecule has 1 saturated heterocycles. The third-order valence-electron chi connectivity index (χ3n) is 13.2. The molecule has 23 nitrogen and oxygen atoms in total. The fourth-order valence-corrected chi connectivity index (χ4v) is 7.95. The highest BCUT2D eigenvalue weighted by Crippen LogP contribution is 2.22. The zero-order valence-corrected chi connectivity index (χ0v) is 43.4. The van der Waals surface area contributed by atoms with Gasteiger partial charge in [0.15, 0.2) is 5.96 Å². The van der Waals surface area contributed by atoms with Crippen LogP contribution in [-0.2, 0) is 51.2 Å². The van der Waals surface area contributed by atoms with E-state index in [0.29, 0.717) is 42.7 Å². The van der Waals surface area contributed by atoms with Crippen LogP contribution in [0.1, 0.15) is 105 Å². The molecule has 1 aliphatic rings. The molecule has 0 spiro atoms. The number of methoxy groups -OCH3 is 1. The second-order valence-electron chi connectivity index (χ2n) is 19.3. The molecule has 72 heavy (non-hydrogen) atoms. The molecule has 0 aliphatic carbocycles. The lowest BCUT2D eigenvalue weighted by atomic mass is 9.96. The van der Waals surface area contributed by atoms with Crippen LogP contribution in [0, 0.1) is 17.8 Å². The van der Waals surface area contributed by atoms with E-state index in [1.54, 1.807) is 72.9 Å². The number of likely N-dealkylation sites (tertiary alicyclic amines) is 1. The van der Waals surface area contributed by atoms with E-state index >= 15 is 0 Å². The third-order valence-corrected chi connectivity index (χ3v) is 13.2. The predicted octanol–water partition coefficient (Wildman–Crippen LogP) is -0.0123. The summed E-state index contributed by atoms with van der Waals surface area (Å²) in [7, 11) is 3.11. The van der Waals surface area contributed by atoms with Crippen molar-refractivity contribution in [1.82, 2.24) is 52.1 Å². The minimum atomic E-state index is -1.31. The smallest absolute Gasteiger partial charge is 0.326 e. The summed E-state index contributed by atoms with van der Waals surface area (Å²) in [4.78, 5) is 123. The summed E-state index contributed by atoms with van der Waals surface area (Å²) in [5.41, 5.74) is 11.0. The molecular formula is C49H79N13O10. The number of aromatic amines is 1. The molecule has 2 aromatic rings. The average molecular weight is 1010 g/mol. The fraction of sp³-hybridized carbons (Fsp3) is 0.633. The van der Waals surface area contributed by atoms with Crippen LogP contribution in [0.15, 0.2) is 41.8 Å². The molecule has 13 N–H and O–H groups in total. The molecule has 0 unspecified atom stereocenters. The molecule has 2 heterocycles. The van der Waals surface area contributed by atoms with Crippen LogP contribution in [0.2, 0.25) is 0 Å². The molecule has 7 amide bonds. The Morgan fingerprint density at radius 3 is 1.97 bits per heavy atom. The number of hydrogen-bond donors (Lipinski definition) is 11. The maximum absolute atomic E-state index is 14.6. The second-order valence-corrected chi connectivity index (χ2v) is 19.3. The number of imidazole rings is 1. The Hall–Kier alpha value is -6.78. The summed E-state index contributed by atoms with van der Waals surface area (Å²) in [5.74, 6) is -6.70. The number of nitrogens with zero attached hydrogens (tertiary/aromatic N) is 3. The number of likely N-dealkylation sites (N-methyl/N-ethyl adjacent to an activating group) is 1. The van der Waals surface area contributed by atoms with Gasteiger partial charge in [0, 0.05) is 37.8 Å². The van der Waals surface area contributed by atoms with Crippen LogP contribution in [0.5, 0.6) is 5.75 Å². The van der Waals surface area contributed by atoms with Crippen LogP contribution in [0.4, 0.5) is 0 Å². The number of amides is 7. The van der Waals surface area contributed by atoms with Gasteiger partial charge in [0.2, 0.25) is 41.4 Å². The Morgan fingerprint density at radius 1 is 0.819 bits per heavy atom. The summed E-state index contributed by atoms with van der Waals surface area (Å²) < 4.78 is 5.32. The number of nitrogens with one attached hydrogen (secondary N) is 8. The van der Waals surface area contributed by atoms with Gasteiger partial charge in [0.1, 0.15) is 48.0 Å². The first kappa shape index (κ1) is 59.5. The molecule has 0 saturated carbocycles. The Labute approximate surface area is 422 Å². The molecule has 1 aliphatic heterocycles. The van der Waals surface area contributed by atoms with E-state index in [0.717, 1.165) is 0 Å². The number of hydrogen-bond acceptors (Lipinski definition) is 12. The molecule has 23 heteroatoms. The van der Waals surface area contributed by atoms with Crippen molar-refractivity contribution in [2.75, 3.05) is 27.2 Å². The Bertz CT molecular complexity index is 2160. The van der Waals surface area contributed by atoms with Crippen LogP contribution >= 0.6 is 0 Å². The Morgan fingerprint density at radius 2 is 1.42 bits per heavy atom. The van der Waals surface area contributed by atoms with Gasteiger partial charge < -0.3 is 68.4 Å². The largest absolute Gasteiger partial charge is 0.497 e. The lowest BCUT2D eigenvalue weighted by molar-refractivity contribution is -0.146. The minimum absolute atomic E-state index is 0.0587. The van der Waals surface area contributed by atoms with Crippen LogP contribution in [-0.4, -0.2) is 148 Å². The van der Waals surface area contributed by atoms with E-state index in [1.807, 2.05) is 13.8 Å². The van der Waals surface area contributed by atoms with Gasteiger partial charge >= 0.3 is 5.97 Å². The lowest BCUT2D eigenvalue weighted by Crippen LogP contribution is -2.62. The number of carboxylic acid groups (broad SMARTS) is 1. The van der Waals surface area contributed by atoms with Crippen molar-refractivity contribution < 1.29 is 48.2 Å². The van der Waals surface area contributed by atoms with Crippen molar-refractivity contribution in [3.63, 3.8) is 0 Å². The number of guanidine groups is 1. The average Bonchev–Trinajstić information content (AvgIpc) is 4.07. The van der Waals surface area contributed by atoms with E-state index in [2.05, 4.69) is 52.2 Å². The van der Waals surface area contributed by atoms with Gasteiger partial charge in [-0.3, -0.25) is 38.6 Å². The number of benzene rings is 1. The number of nitrogens with two attached hydrogens (primary N) is 2. The van der Waals surface area contributed by atoms with Crippen molar-refractivity contribution >= 4 is 53.3 Å². The minimum Gasteiger partial charge on any atom is -0.497 e. The van der Waals surface area contributed by atoms with Gasteiger partial charge in [-0.1, -0.05) is 66.5 Å². The molecule has 400 valence electrons. The van der Waals surface area contributed by atoms with E-state index in [-0.39, 0.29) is 50.7 Å². The molecular weight excluding hydrogens is 931 g/mol. The first-order chi connectivity index (χ1) is 34.0. The molecule has 1 aromatic heterocycles. The fourth-order valence-electron chi connectivity index (χ4n) is 7.95. The highest BCUT2D eigenvalue weighted by Gasteiger charge is 2.41. The zero-order chi connectivity index (χ0) is 53.9. The second kappa shape index (κ2) is 28.3. The molecule has 0 radical (unpaired) electrons. The number of carbonyl (C=O) groups is 8. The predicted molar refractivity (Wildman–Crippen MR) is 270 cm³/mol. The standard InChI is InChI=1S/C49H79N13O10/c1-11-28(5)38(44(67)57-35(24-31-25-53-26-55-31)45(68)62-22-14-16-36(62)42(65)61-39(46(69)70)29(6)12-2)60-41(64)34(23-30-17-19-32(72-10)20-18-30)56-43(66)37(27(3)4)59-40(63)33(15-13-21-54-48(50)51)58-47(71)49(7,8)52-9/h17-20,25-29,33-39,52H,11-16,21-24H2,1-10H3,(H,53,55)(H,56,66)(H,57,67)(H,58,71)(H,59,63)(H,60,64)(H,61,65)(H,69,70)(H4,50,51,54)/t28-,29-,33-,34-,35-,36-,37-,38-,39-/m0/s1. The van der Waals surface area contributed by atoms with Gasteiger partial charge in [0.05, 0.1) is 19.0 Å². The van der Waals surface area contributed by atoms with Crippen molar-refractivity contribution in [2.24, 2.45) is 34.2 Å². The first-order valence-corrected chi connectivity index (χ1v) is 24.7. The van der Waals surface area contributed by atoms with Crippen LogP contribution < -0.4 is 53.4 Å². The number of carboxylic acids is 1. The number of aliphatic carboxylic acids is 1. The van der Waals surface area contributed by atoms with Crippen molar-refractivity contribution in [3.8, 4) is 5.75 Å².